The van der Waals surface area contributed by atoms with Crippen LogP contribution in [0.2, 0.25) is 0 Å². The van der Waals surface area contributed by atoms with Crippen molar-refractivity contribution in [3.05, 3.63) is 76.9 Å². The first kappa shape index (κ1) is 30.9. The summed E-state index contributed by atoms with van der Waals surface area (Å²) in [5.41, 5.74) is 4.56. The number of benzene rings is 3. The zero-order valence-corrected chi connectivity index (χ0v) is 27.7. The fraction of sp³-hybridized carbons (Fsp3) is 0.550. The molecule has 234 valence electrons. The zero-order chi connectivity index (χ0) is 31.4. The summed E-state index contributed by atoms with van der Waals surface area (Å²) in [7, 11) is 1.77. The molecule has 6 atom stereocenters. The summed E-state index contributed by atoms with van der Waals surface area (Å²) in [4.78, 5) is 27.9. The van der Waals surface area contributed by atoms with Crippen molar-refractivity contribution in [2.75, 3.05) is 7.11 Å². The average molecular weight is 595 g/mol. The Morgan fingerprint density at radius 2 is 1.73 bits per heavy atom. The Bertz CT molecular complexity index is 1570. The predicted octanol–water partition coefficient (Wildman–Crippen LogP) is 9.10. The third-order valence-electron chi connectivity index (χ3n) is 11.9. The second-order valence-electron chi connectivity index (χ2n) is 15.2. The van der Waals surface area contributed by atoms with Crippen LogP contribution in [0.3, 0.4) is 0 Å². The van der Waals surface area contributed by atoms with Gasteiger partial charge in [-0.05, 0) is 93.7 Å². The molecule has 3 aliphatic rings. The molecule has 3 aliphatic carbocycles. The van der Waals surface area contributed by atoms with Gasteiger partial charge < -0.3 is 9.47 Å². The van der Waals surface area contributed by atoms with Crippen LogP contribution in [0, 0.1) is 23.7 Å². The molecule has 4 nitrogen and oxygen atoms in total. The van der Waals surface area contributed by atoms with E-state index >= 15 is 0 Å². The summed E-state index contributed by atoms with van der Waals surface area (Å²) in [5.74, 6) is 1.00. The number of ketones is 1. The normalized spacial score (nSPS) is 28.8. The molecule has 0 spiro atoms. The van der Waals surface area contributed by atoms with E-state index in [4.69, 9.17) is 9.47 Å². The number of hydrogen-bond donors (Lipinski definition) is 0. The van der Waals surface area contributed by atoms with E-state index in [-0.39, 0.29) is 40.5 Å². The lowest BCUT2D eigenvalue weighted by Gasteiger charge is -2.50. The molecule has 2 saturated carbocycles. The number of fused-ring (bicyclic) bond motifs is 4. The molecule has 0 saturated heterocycles. The Hall–Kier alpha value is -3.14. The van der Waals surface area contributed by atoms with Gasteiger partial charge in [-0.1, -0.05) is 103 Å². The number of esters is 1. The van der Waals surface area contributed by atoms with Gasteiger partial charge >= 0.3 is 5.97 Å². The quantitative estimate of drug-likeness (QED) is 0.211. The van der Waals surface area contributed by atoms with Gasteiger partial charge in [0.1, 0.15) is 23.6 Å². The van der Waals surface area contributed by atoms with Crippen LogP contribution in [0.15, 0.2) is 54.6 Å². The van der Waals surface area contributed by atoms with Gasteiger partial charge in [0.2, 0.25) is 0 Å². The zero-order valence-electron chi connectivity index (χ0n) is 27.7. The Labute approximate surface area is 263 Å². The minimum absolute atomic E-state index is 0.0564. The van der Waals surface area contributed by atoms with E-state index in [0.29, 0.717) is 18.3 Å². The molecule has 3 aromatic carbocycles. The fourth-order valence-corrected chi connectivity index (χ4v) is 9.17. The summed E-state index contributed by atoms with van der Waals surface area (Å²) in [6, 6.07) is 19.7. The maximum atomic E-state index is 14.3. The number of ether oxygens (including phenoxy) is 2. The van der Waals surface area contributed by atoms with E-state index < -0.39 is 5.92 Å². The van der Waals surface area contributed by atoms with Gasteiger partial charge in [-0.3, -0.25) is 9.59 Å². The number of carbonyl (C=O) groups excluding carboxylic acids is 2. The molecule has 0 heterocycles. The average Bonchev–Trinajstić information content (AvgIpc) is 3.00. The molecule has 0 bridgehead atoms. The van der Waals surface area contributed by atoms with E-state index in [1.807, 2.05) is 0 Å². The van der Waals surface area contributed by atoms with Crippen LogP contribution in [-0.2, 0) is 31.6 Å². The largest absolute Gasteiger partial charge is 0.496 e. The number of carbonyl (C=O) groups is 2. The van der Waals surface area contributed by atoms with Crippen LogP contribution in [0.5, 0.6) is 5.75 Å². The van der Waals surface area contributed by atoms with E-state index in [1.165, 1.54) is 33.0 Å². The molecule has 0 aliphatic heterocycles. The highest BCUT2D eigenvalue weighted by Crippen LogP contribution is 2.54. The van der Waals surface area contributed by atoms with Crippen LogP contribution in [-0.4, -0.2) is 25.0 Å². The maximum Gasteiger partial charge on any atom is 0.317 e. The van der Waals surface area contributed by atoms with Crippen molar-refractivity contribution in [2.45, 2.75) is 109 Å². The van der Waals surface area contributed by atoms with E-state index in [0.717, 1.165) is 44.3 Å². The Balaban J connectivity index is 1.29. The minimum Gasteiger partial charge on any atom is -0.496 e. The van der Waals surface area contributed by atoms with Gasteiger partial charge in [-0.25, -0.2) is 0 Å². The van der Waals surface area contributed by atoms with Crippen LogP contribution >= 0.6 is 0 Å². The van der Waals surface area contributed by atoms with Crippen molar-refractivity contribution in [3.8, 4) is 5.75 Å². The van der Waals surface area contributed by atoms with Crippen LogP contribution < -0.4 is 4.74 Å². The minimum atomic E-state index is -0.709. The van der Waals surface area contributed by atoms with E-state index in [2.05, 4.69) is 96.1 Å². The lowest BCUT2D eigenvalue weighted by atomic mass is 9.54. The first-order valence-corrected chi connectivity index (χ1v) is 16.9. The second-order valence-corrected chi connectivity index (χ2v) is 15.2. The molecular weight excluding hydrogens is 544 g/mol. The van der Waals surface area contributed by atoms with E-state index in [9.17, 15) is 9.59 Å². The topological polar surface area (TPSA) is 52.6 Å². The number of Topliss-reactive ketones (excluding diaryl/α,β-unsaturated/α-hetero) is 1. The Morgan fingerprint density at radius 3 is 2.45 bits per heavy atom. The third-order valence-corrected chi connectivity index (χ3v) is 11.9. The molecule has 2 fully saturated rings. The summed E-state index contributed by atoms with van der Waals surface area (Å²) >= 11 is 0. The molecule has 0 unspecified atom stereocenters. The highest BCUT2D eigenvalue weighted by molar-refractivity contribution is 6.00. The molecule has 3 aromatic rings. The second kappa shape index (κ2) is 11.7. The standard InChI is InChI=1S/C40H50O4/c1-24(2)29-15-18-31-30(37(29)43-7)16-19-33-36(34(41)20-21-40(31,33)6)38(42)44-35-22-25(3)12-17-32(35)39(4,5)28-14-13-26-10-8-9-11-27(26)23-28/h8-11,13-15,18,23-25,32-33,35-36H,12,16-17,19-22H2,1-7H3/t25-,32-,33-,35+,36+,40+/m1/s1. The van der Waals surface area contributed by atoms with Crippen molar-refractivity contribution in [2.24, 2.45) is 23.7 Å². The molecule has 0 aromatic heterocycles. The number of rotatable bonds is 6. The Kier molecular flexibility index (Phi) is 8.18. The summed E-state index contributed by atoms with van der Waals surface area (Å²) < 4.78 is 12.6. The molecule has 44 heavy (non-hydrogen) atoms. The summed E-state index contributed by atoms with van der Waals surface area (Å²) in [6.07, 6.45) is 5.53. The van der Waals surface area contributed by atoms with Crippen LogP contribution in [0.4, 0.5) is 0 Å². The highest BCUT2D eigenvalue weighted by Gasteiger charge is 2.54. The van der Waals surface area contributed by atoms with Gasteiger partial charge in [0.05, 0.1) is 7.11 Å². The number of methoxy groups -OCH3 is 1. The smallest absolute Gasteiger partial charge is 0.317 e. The molecule has 0 N–H and O–H groups in total. The molecule has 0 amide bonds. The third kappa shape index (κ3) is 5.16. The first-order valence-electron chi connectivity index (χ1n) is 16.9. The van der Waals surface area contributed by atoms with E-state index in [1.54, 1.807) is 7.11 Å². The van der Waals surface area contributed by atoms with Crippen molar-refractivity contribution in [1.29, 1.82) is 0 Å². The lowest BCUT2D eigenvalue weighted by Crippen LogP contribution is -2.52. The summed E-state index contributed by atoms with van der Waals surface area (Å²) in [6.45, 7) is 13.5. The SMILES string of the molecule is COc1c(C(C)C)ccc2c1CC[C@@H]1[C@H](C(=O)O[C@H]3C[C@H](C)CC[C@H]3C(C)(C)c3ccc4ccccc4c3)C(=O)CC[C@@]21C. The highest BCUT2D eigenvalue weighted by atomic mass is 16.5. The first-order chi connectivity index (χ1) is 21.0. The van der Waals surface area contributed by atoms with Gasteiger partial charge in [0, 0.05) is 12.3 Å². The molecule has 0 radical (unpaired) electrons. The van der Waals surface area contributed by atoms with Crippen molar-refractivity contribution in [3.63, 3.8) is 0 Å². The predicted molar refractivity (Wildman–Crippen MR) is 177 cm³/mol. The van der Waals surface area contributed by atoms with Crippen molar-refractivity contribution < 1.29 is 19.1 Å². The summed E-state index contributed by atoms with van der Waals surface area (Å²) in [5, 5.41) is 2.47. The Morgan fingerprint density at radius 1 is 0.977 bits per heavy atom. The van der Waals surface area contributed by atoms with Gasteiger partial charge in [0.15, 0.2) is 0 Å². The van der Waals surface area contributed by atoms with Crippen molar-refractivity contribution >= 4 is 22.5 Å². The maximum absolute atomic E-state index is 14.3. The number of hydrogen-bond acceptors (Lipinski definition) is 4. The molecule has 6 rings (SSSR count). The van der Waals surface area contributed by atoms with Gasteiger partial charge in [-0.15, -0.1) is 0 Å². The van der Waals surface area contributed by atoms with Crippen molar-refractivity contribution in [1.82, 2.24) is 0 Å². The van der Waals surface area contributed by atoms with Crippen LogP contribution in [0.25, 0.3) is 10.8 Å². The van der Waals surface area contributed by atoms with Gasteiger partial charge in [0.25, 0.3) is 0 Å². The molecular formula is C40H50O4. The lowest BCUT2D eigenvalue weighted by molar-refractivity contribution is -0.169. The van der Waals surface area contributed by atoms with Crippen LogP contribution in [0.1, 0.15) is 108 Å². The fourth-order valence-electron chi connectivity index (χ4n) is 9.17. The molecule has 4 heteroatoms. The monoisotopic (exact) mass is 594 g/mol. The van der Waals surface area contributed by atoms with Gasteiger partial charge in [-0.2, -0.15) is 0 Å².